The topological polar surface area (TPSA) is 45.9 Å². The third-order valence-corrected chi connectivity index (χ3v) is 2.42. The van der Waals surface area contributed by atoms with Gasteiger partial charge in [0, 0.05) is 17.8 Å². The number of halogens is 1. The van der Waals surface area contributed by atoms with Crippen LogP contribution in [0.4, 0.5) is 0 Å². The monoisotopic (exact) mass is 244 g/mol. The van der Waals surface area contributed by atoms with Crippen LogP contribution in [0.25, 0.3) is 0 Å². The highest BCUT2D eigenvalue weighted by Crippen LogP contribution is 2.17. The standard InChI is InChI=1S/C13H9ClN2O/c14-12-5-13(8-16-7-12)17-9-11-4-2-1-3-10(11)6-15/h1-5,7-8H,9H2. The SMILES string of the molecule is N#Cc1ccccc1COc1cncc(Cl)c1. The third-order valence-electron chi connectivity index (χ3n) is 2.21. The zero-order chi connectivity index (χ0) is 12.1. The molecule has 0 atom stereocenters. The van der Waals surface area contributed by atoms with Crippen molar-refractivity contribution >= 4 is 11.6 Å². The molecule has 1 aromatic carbocycles. The van der Waals surface area contributed by atoms with Crippen LogP contribution in [0.3, 0.4) is 0 Å². The first-order valence-corrected chi connectivity index (χ1v) is 5.39. The molecule has 2 rings (SSSR count). The molecule has 0 aliphatic carbocycles. The van der Waals surface area contributed by atoms with Gasteiger partial charge in [0.2, 0.25) is 0 Å². The van der Waals surface area contributed by atoms with Gasteiger partial charge < -0.3 is 4.74 Å². The van der Waals surface area contributed by atoms with E-state index in [1.165, 1.54) is 6.20 Å². The predicted molar refractivity (Wildman–Crippen MR) is 64.7 cm³/mol. The summed E-state index contributed by atoms with van der Waals surface area (Å²) in [7, 11) is 0. The molecule has 0 unspecified atom stereocenters. The van der Waals surface area contributed by atoms with Gasteiger partial charge in [0.15, 0.2) is 0 Å². The number of rotatable bonds is 3. The molecule has 0 bridgehead atoms. The van der Waals surface area contributed by atoms with Gasteiger partial charge in [0.25, 0.3) is 0 Å². The van der Waals surface area contributed by atoms with Gasteiger partial charge in [-0.15, -0.1) is 0 Å². The lowest BCUT2D eigenvalue weighted by Crippen LogP contribution is -1.98. The summed E-state index contributed by atoms with van der Waals surface area (Å²) in [5, 5.41) is 9.44. The van der Waals surface area contributed by atoms with Crippen molar-refractivity contribution in [1.29, 1.82) is 5.26 Å². The van der Waals surface area contributed by atoms with Crippen molar-refractivity contribution in [3.8, 4) is 11.8 Å². The molecule has 0 aliphatic heterocycles. The van der Waals surface area contributed by atoms with Crippen molar-refractivity contribution in [1.82, 2.24) is 4.98 Å². The van der Waals surface area contributed by atoms with Gasteiger partial charge in [-0.25, -0.2) is 0 Å². The molecular weight excluding hydrogens is 236 g/mol. The number of pyridine rings is 1. The normalized spacial score (nSPS) is 9.65. The summed E-state index contributed by atoms with van der Waals surface area (Å²) < 4.78 is 5.52. The quantitative estimate of drug-likeness (QED) is 0.833. The Morgan fingerprint density at radius 2 is 2.12 bits per heavy atom. The van der Waals surface area contributed by atoms with Crippen LogP contribution >= 0.6 is 11.6 Å². The summed E-state index contributed by atoms with van der Waals surface area (Å²) in [6.45, 7) is 0.325. The first-order chi connectivity index (χ1) is 8.29. The maximum atomic E-state index is 8.92. The van der Waals surface area contributed by atoms with Crippen molar-refractivity contribution in [2.45, 2.75) is 6.61 Å². The van der Waals surface area contributed by atoms with Crippen LogP contribution in [0.15, 0.2) is 42.7 Å². The van der Waals surface area contributed by atoms with E-state index < -0.39 is 0 Å². The van der Waals surface area contributed by atoms with Gasteiger partial charge in [-0.2, -0.15) is 5.26 Å². The highest BCUT2D eigenvalue weighted by Gasteiger charge is 2.02. The van der Waals surface area contributed by atoms with Gasteiger partial charge in [-0.1, -0.05) is 29.8 Å². The van der Waals surface area contributed by atoms with Gasteiger partial charge in [0.05, 0.1) is 22.9 Å². The number of aromatic nitrogens is 1. The van der Waals surface area contributed by atoms with E-state index in [-0.39, 0.29) is 0 Å². The minimum atomic E-state index is 0.325. The summed E-state index contributed by atoms with van der Waals surface area (Å²) in [6.07, 6.45) is 3.12. The Balaban J connectivity index is 2.10. The molecule has 0 saturated heterocycles. The highest BCUT2D eigenvalue weighted by atomic mass is 35.5. The van der Waals surface area contributed by atoms with Crippen LogP contribution < -0.4 is 4.74 Å². The van der Waals surface area contributed by atoms with Crippen LogP contribution in [0.1, 0.15) is 11.1 Å². The first kappa shape index (κ1) is 11.4. The summed E-state index contributed by atoms with van der Waals surface area (Å²) in [5.41, 5.74) is 1.46. The molecule has 0 amide bonds. The smallest absolute Gasteiger partial charge is 0.139 e. The van der Waals surface area contributed by atoms with Crippen molar-refractivity contribution in [2.75, 3.05) is 0 Å². The molecule has 0 fully saturated rings. The Bertz CT molecular complexity index is 563. The zero-order valence-corrected chi connectivity index (χ0v) is 9.69. The fourth-order valence-electron chi connectivity index (χ4n) is 1.39. The molecule has 17 heavy (non-hydrogen) atoms. The molecule has 0 saturated carbocycles. The molecule has 84 valence electrons. The second-order valence-electron chi connectivity index (χ2n) is 3.40. The van der Waals surface area contributed by atoms with Crippen molar-refractivity contribution in [2.24, 2.45) is 0 Å². The molecule has 0 N–H and O–H groups in total. The number of nitriles is 1. The van der Waals surface area contributed by atoms with E-state index in [9.17, 15) is 0 Å². The third kappa shape index (κ3) is 2.96. The van der Waals surface area contributed by atoms with Gasteiger partial charge >= 0.3 is 0 Å². The van der Waals surface area contributed by atoms with Crippen LogP contribution in [0, 0.1) is 11.3 Å². The Labute approximate surface area is 104 Å². The minimum Gasteiger partial charge on any atom is -0.487 e. The highest BCUT2D eigenvalue weighted by molar-refractivity contribution is 6.30. The van der Waals surface area contributed by atoms with E-state index in [0.29, 0.717) is 22.9 Å². The summed E-state index contributed by atoms with van der Waals surface area (Å²) in [4.78, 5) is 3.92. The Hall–Kier alpha value is -2.05. The Morgan fingerprint density at radius 3 is 2.88 bits per heavy atom. The fraction of sp³-hybridized carbons (Fsp3) is 0.0769. The average Bonchev–Trinajstić information content (AvgIpc) is 2.37. The van der Waals surface area contributed by atoms with Crippen LogP contribution in [-0.4, -0.2) is 4.98 Å². The van der Waals surface area contributed by atoms with E-state index >= 15 is 0 Å². The van der Waals surface area contributed by atoms with Crippen molar-refractivity contribution in [3.05, 3.63) is 58.9 Å². The number of ether oxygens (including phenoxy) is 1. The molecule has 0 spiro atoms. The summed E-state index contributed by atoms with van der Waals surface area (Å²) in [6, 6.07) is 11.1. The maximum Gasteiger partial charge on any atom is 0.139 e. The second kappa shape index (κ2) is 5.33. The molecular formula is C13H9ClN2O. The summed E-state index contributed by atoms with van der Waals surface area (Å²) in [5.74, 6) is 0.588. The fourth-order valence-corrected chi connectivity index (χ4v) is 1.55. The molecule has 3 nitrogen and oxygen atoms in total. The molecule has 0 radical (unpaired) electrons. The van der Waals surface area contributed by atoms with Gasteiger partial charge in [0.1, 0.15) is 12.4 Å². The molecule has 0 aliphatic rings. The number of hydrogen-bond donors (Lipinski definition) is 0. The second-order valence-corrected chi connectivity index (χ2v) is 3.83. The van der Waals surface area contributed by atoms with E-state index in [1.807, 2.05) is 18.2 Å². The lowest BCUT2D eigenvalue weighted by molar-refractivity contribution is 0.304. The average molecular weight is 245 g/mol. The molecule has 1 aromatic heterocycles. The first-order valence-electron chi connectivity index (χ1n) is 5.01. The van der Waals surface area contributed by atoms with Crippen LogP contribution in [-0.2, 0) is 6.61 Å². The lowest BCUT2D eigenvalue weighted by Gasteiger charge is -2.07. The van der Waals surface area contributed by atoms with Crippen LogP contribution in [0.2, 0.25) is 5.02 Å². The van der Waals surface area contributed by atoms with E-state index in [2.05, 4.69) is 11.1 Å². The Kier molecular flexibility index (Phi) is 3.59. The van der Waals surface area contributed by atoms with Crippen molar-refractivity contribution < 1.29 is 4.74 Å². The van der Waals surface area contributed by atoms with Crippen LogP contribution in [0.5, 0.6) is 5.75 Å². The van der Waals surface area contributed by atoms with E-state index in [1.54, 1.807) is 18.3 Å². The number of hydrogen-bond acceptors (Lipinski definition) is 3. The minimum absolute atomic E-state index is 0.325. The number of benzene rings is 1. The molecule has 1 heterocycles. The predicted octanol–water partition coefficient (Wildman–Crippen LogP) is 3.19. The Morgan fingerprint density at radius 1 is 1.29 bits per heavy atom. The summed E-state index contributed by atoms with van der Waals surface area (Å²) >= 11 is 5.79. The maximum absolute atomic E-state index is 8.92. The van der Waals surface area contributed by atoms with Crippen molar-refractivity contribution in [3.63, 3.8) is 0 Å². The molecule has 2 aromatic rings. The van der Waals surface area contributed by atoms with Gasteiger partial charge in [-0.3, -0.25) is 4.98 Å². The molecule has 4 heteroatoms. The largest absolute Gasteiger partial charge is 0.487 e. The zero-order valence-electron chi connectivity index (χ0n) is 8.93. The lowest BCUT2D eigenvalue weighted by atomic mass is 10.1. The van der Waals surface area contributed by atoms with Gasteiger partial charge in [-0.05, 0) is 6.07 Å². The van der Waals surface area contributed by atoms with E-state index in [4.69, 9.17) is 21.6 Å². The van der Waals surface area contributed by atoms with E-state index in [0.717, 1.165) is 5.56 Å². The number of nitrogens with zero attached hydrogens (tertiary/aromatic N) is 2.